The molecule has 4 amide bonds. The van der Waals surface area contributed by atoms with Gasteiger partial charge in [-0.15, -0.1) is 0 Å². The second kappa shape index (κ2) is 7.38. The van der Waals surface area contributed by atoms with Gasteiger partial charge in [-0.1, -0.05) is 12.8 Å². The number of fused-ring (bicyclic) bond motifs is 1. The third-order valence-corrected chi connectivity index (χ3v) is 5.16. The first-order valence-electron chi connectivity index (χ1n) is 8.25. The molecule has 1 saturated heterocycles. The van der Waals surface area contributed by atoms with Crippen molar-refractivity contribution in [3.63, 3.8) is 0 Å². The van der Waals surface area contributed by atoms with E-state index in [2.05, 4.69) is 31.8 Å². The largest absolute Gasteiger partial charge is 0.356 e. The third-order valence-electron chi connectivity index (χ3n) is 4.70. The first-order valence-corrected chi connectivity index (χ1v) is 9.05. The predicted molar refractivity (Wildman–Crippen MR) is 90.9 cm³/mol. The van der Waals surface area contributed by atoms with Crippen LogP contribution in [0.4, 0.5) is 0 Å². The van der Waals surface area contributed by atoms with Gasteiger partial charge in [0.1, 0.15) is 5.69 Å². The number of hydrogen-bond acceptors (Lipinski definition) is 4. The Balaban J connectivity index is 1.46. The first kappa shape index (κ1) is 17.7. The Morgan fingerprint density at radius 2 is 1.80 bits per heavy atom. The fourth-order valence-corrected chi connectivity index (χ4v) is 3.76. The van der Waals surface area contributed by atoms with Gasteiger partial charge in [0.25, 0.3) is 5.91 Å². The molecule has 0 spiro atoms. The van der Waals surface area contributed by atoms with Crippen LogP contribution in [-0.2, 0) is 14.4 Å². The van der Waals surface area contributed by atoms with Gasteiger partial charge in [0.2, 0.25) is 17.7 Å². The summed E-state index contributed by atoms with van der Waals surface area (Å²) in [4.78, 5) is 52.2. The number of rotatable bonds is 4. The number of nitrogens with zero attached hydrogens (tertiary/aromatic N) is 1. The summed E-state index contributed by atoms with van der Waals surface area (Å²) >= 11 is 3.21. The van der Waals surface area contributed by atoms with Crippen LogP contribution >= 0.6 is 15.9 Å². The van der Waals surface area contributed by atoms with Crippen molar-refractivity contribution in [3.8, 4) is 0 Å². The summed E-state index contributed by atoms with van der Waals surface area (Å²) in [5, 5.41) is 0. The van der Waals surface area contributed by atoms with Crippen LogP contribution in [0.3, 0.4) is 0 Å². The molecule has 0 aromatic carbocycles. The van der Waals surface area contributed by atoms with Crippen LogP contribution in [0.15, 0.2) is 16.7 Å². The highest BCUT2D eigenvalue weighted by Gasteiger charge is 2.47. The van der Waals surface area contributed by atoms with Gasteiger partial charge in [-0.2, -0.15) is 0 Å². The van der Waals surface area contributed by atoms with E-state index in [1.165, 1.54) is 4.90 Å². The molecule has 1 saturated carbocycles. The maximum Gasteiger partial charge on any atom is 0.286 e. The van der Waals surface area contributed by atoms with E-state index in [4.69, 9.17) is 0 Å². The maximum atomic E-state index is 12.3. The van der Waals surface area contributed by atoms with Gasteiger partial charge in [-0.25, -0.2) is 0 Å². The van der Waals surface area contributed by atoms with E-state index in [0.717, 1.165) is 30.2 Å². The van der Waals surface area contributed by atoms with Crippen LogP contribution in [0, 0.1) is 11.8 Å². The Labute approximate surface area is 152 Å². The number of imide groups is 1. The number of halogens is 1. The van der Waals surface area contributed by atoms with Gasteiger partial charge < -0.3 is 4.98 Å². The zero-order valence-corrected chi connectivity index (χ0v) is 15.1. The number of H-pyrrole nitrogens is 1. The molecule has 25 heavy (non-hydrogen) atoms. The van der Waals surface area contributed by atoms with Gasteiger partial charge >= 0.3 is 0 Å². The minimum absolute atomic E-state index is 0.0421. The Kier molecular flexibility index (Phi) is 5.22. The zero-order valence-electron chi connectivity index (χ0n) is 13.5. The van der Waals surface area contributed by atoms with Crippen LogP contribution in [-0.4, -0.2) is 40.1 Å². The summed E-state index contributed by atoms with van der Waals surface area (Å²) in [6.07, 6.45) is 4.98. The molecule has 0 radical (unpaired) electrons. The SMILES string of the molecule is O=C(CCN1C(=O)[C@@H]2CCCC[C@H]2C1=O)NNC(=O)c1cc(Br)c[nH]1. The Hall–Kier alpha value is -2.16. The Morgan fingerprint density at radius 1 is 1.16 bits per heavy atom. The number of aromatic amines is 1. The van der Waals surface area contributed by atoms with Crippen molar-refractivity contribution < 1.29 is 19.2 Å². The van der Waals surface area contributed by atoms with E-state index < -0.39 is 11.8 Å². The van der Waals surface area contributed by atoms with Crippen molar-refractivity contribution in [3.05, 3.63) is 22.4 Å². The van der Waals surface area contributed by atoms with E-state index >= 15 is 0 Å². The molecule has 3 rings (SSSR count). The Morgan fingerprint density at radius 3 is 2.36 bits per heavy atom. The van der Waals surface area contributed by atoms with Gasteiger partial charge in [-0.05, 0) is 34.8 Å². The number of carbonyl (C=O) groups is 4. The molecule has 2 heterocycles. The molecule has 2 aliphatic rings. The standard InChI is InChI=1S/C16H19BrN4O4/c17-9-7-12(18-8-9)14(23)20-19-13(22)5-6-21-15(24)10-3-1-2-4-11(10)16(21)25/h7-8,10-11,18H,1-6H2,(H,19,22)(H,20,23)/t10-,11-/m1/s1. The number of hydrogen-bond donors (Lipinski definition) is 3. The number of hydrazine groups is 1. The summed E-state index contributed by atoms with van der Waals surface area (Å²) in [6, 6.07) is 1.57. The van der Waals surface area contributed by atoms with Crippen molar-refractivity contribution in [2.45, 2.75) is 32.1 Å². The molecule has 2 fully saturated rings. The Bertz CT molecular complexity index is 693. The minimum Gasteiger partial charge on any atom is -0.356 e. The fourth-order valence-electron chi connectivity index (χ4n) is 3.42. The quantitative estimate of drug-likeness (QED) is 0.509. The molecule has 0 unspecified atom stereocenters. The summed E-state index contributed by atoms with van der Waals surface area (Å²) in [6.45, 7) is 0.0421. The molecular formula is C16H19BrN4O4. The van der Waals surface area contributed by atoms with Crippen molar-refractivity contribution in [1.82, 2.24) is 20.7 Å². The lowest BCUT2D eigenvalue weighted by Crippen LogP contribution is -2.43. The minimum atomic E-state index is -0.488. The van der Waals surface area contributed by atoms with E-state index in [9.17, 15) is 19.2 Å². The van der Waals surface area contributed by atoms with Crippen molar-refractivity contribution in [2.24, 2.45) is 11.8 Å². The normalized spacial score (nSPS) is 22.7. The third kappa shape index (κ3) is 3.76. The van der Waals surface area contributed by atoms with Crippen LogP contribution in [0.2, 0.25) is 0 Å². The lowest BCUT2D eigenvalue weighted by molar-refractivity contribution is -0.140. The van der Waals surface area contributed by atoms with Gasteiger partial charge in [0.15, 0.2) is 0 Å². The number of aromatic nitrogens is 1. The molecule has 1 aromatic rings. The van der Waals surface area contributed by atoms with Crippen LogP contribution < -0.4 is 10.9 Å². The predicted octanol–water partition coefficient (Wildman–Crippen LogP) is 1.10. The average Bonchev–Trinajstić information content (AvgIpc) is 3.14. The molecule has 8 nitrogen and oxygen atoms in total. The van der Waals surface area contributed by atoms with Crippen molar-refractivity contribution >= 4 is 39.6 Å². The summed E-state index contributed by atoms with van der Waals surface area (Å²) in [5.74, 6) is -1.70. The highest BCUT2D eigenvalue weighted by molar-refractivity contribution is 9.10. The molecule has 1 aliphatic carbocycles. The molecule has 134 valence electrons. The summed E-state index contributed by atoms with van der Waals surface area (Å²) < 4.78 is 0.719. The van der Waals surface area contributed by atoms with Crippen molar-refractivity contribution in [2.75, 3.05) is 6.54 Å². The second-order valence-corrected chi connectivity index (χ2v) is 7.23. The van der Waals surface area contributed by atoms with E-state index in [0.29, 0.717) is 5.69 Å². The highest BCUT2D eigenvalue weighted by Crippen LogP contribution is 2.37. The van der Waals surface area contributed by atoms with Gasteiger partial charge in [0, 0.05) is 23.6 Å². The first-order chi connectivity index (χ1) is 12.0. The molecule has 3 N–H and O–H groups in total. The van der Waals surface area contributed by atoms with E-state index in [-0.39, 0.29) is 36.6 Å². The number of carbonyl (C=O) groups excluding carboxylic acids is 4. The average molecular weight is 411 g/mol. The lowest BCUT2D eigenvalue weighted by Gasteiger charge is -2.19. The van der Waals surface area contributed by atoms with E-state index in [1.54, 1.807) is 12.3 Å². The topological polar surface area (TPSA) is 111 Å². The van der Waals surface area contributed by atoms with Gasteiger partial charge in [0.05, 0.1) is 11.8 Å². The van der Waals surface area contributed by atoms with Gasteiger partial charge in [-0.3, -0.25) is 34.9 Å². The number of likely N-dealkylation sites (tertiary alicyclic amines) is 1. The monoisotopic (exact) mass is 410 g/mol. The second-order valence-electron chi connectivity index (χ2n) is 6.31. The molecule has 0 bridgehead atoms. The molecule has 1 aromatic heterocycles. The zero-order chi connectivity index (χ0) is 18.0. The number of nitrogens with one attached hydrogen (secondary N) is 3. The van der Waals surface area contributed by atoms with Crippen molar-refractivity contribution in [1.29, 1.82) is 0 Å². The summed E-state index contributed by atoms with van der Waals surface area (Å²) in [7, 11) is 0. The molecule has 1 aliphatic heterocycles. The maximum absolute atomic E-state index is 12.3. The fraction of sp³-hybridized carbons (Fsp3) is 0.500. The van der Waals surface area contributed by atoms with Crippen LogP contribution in [0.1, 0.15) is 42.6 Å². The van der Waals surface area contributed by atoms with Crippen LogP contribution in [0.5, 0.6) is 0 Å². The molecular weight excluding hydrogens is 392 g/mol. The lowest BCUT2D eigenvalue weighted by atomic mass is 9.81. The summed E-state index contributed by atoms with van der Waals surface area (Å²) in [5.41, 5.74) is 4.86. The van der Waals surface area contributed by atoms with E-state index in [1.807, 2.05) is 0 Å². The molecule has 9 heteroatoms. The molecule has 2 atom stereocenters. The smallest absolute Gasteiger partial charge is 0.286 e. The van der Waals surface area contributed by atoms with Crippen LogP contribution in [0.25, 0.3) is 0 Å². The number of amides is 4. The highest BCUT2D eigenvalue weighted by atomic mass is 79.9.